The Morgan fingerprint density at radius 3 is 2.76 bits per heavy atom. The van der Waals surface area contributed by atoms with Crippen molar-refractivity contribution < 1.29 is 23.8 Å². The van der Waals surface area contributed by atoms with Gasteiger partial charge < -0.3 is 19.2 Å². The van der Waals surface area contributed by atoms with Gasteiger partial charge in [-0.3, -0.25) is 14.5 Å². The van der Waals surface area contributed by atoms with Crippen LogP contribution in [-0.2, 0) is 40.2 Å². The summed E-state index contributed by atoms with van der Waals surface area (Å²) in [6, 6.07) is 6.16. The Balaban J connectivity index is 1.63. The van der Waals surface area contributed by atoms with E-state index in [2.05, 4.69) is 27.0 Å². The van der Waals surface area contributed by atoms with Gasteiger partial charge in [-0.25, -0.2) is 9.78 Å². The number of methoxy groups -OCH3 is 2. The van der Waals surface area contributed by atoms with Gasteiger partial charge in [-0.1, -0.05) is 6.07 Å². The molecule has 0 radical (unpaired) electrons. The van der Waals surface area contributed by atoms with Gasteiger partial charge in [-0.2, -0.15) is 0 Å². The van der Waals surface area contributed by atoms with Gasteiger partial charge in [0.25, 0.3) is 5.56 Å². The zero-order valence-electron chi connectivity index (χ0n) is 18.7. The number of ether oxygens (including phenoxy) is 3. The third-order valence-corrected chi connectivity index (χ3v) is 6.69. The maximum atomic E-state index is 12.9. The van der Waals surface area contributed by atoms with Gasteiger partial charge in [0, 0.05) is 18.7 Å². The minimum atomic E-state index is -0.615. The molecule has 0 saturated heterocycles. The zero-order chi connectivity index (χ0) is 23.5. The van der Waals surface area contributed by atoms with Crippen molar-refractivity contribution in [2.75, 3.05) is 27.4 Å². The number of esters is 2. The fourth-order valence-electron chi connectivity index (χ4n) is 4.02. The molecule has 1 aliphatic heterocycles. The van der Waals surface area contributed by atoms with Gasteiger partial charge in [-0.05, 0) is 36.6 Å². The summed E-state index contributed by atoms with van der Waals surface area (Å²) in [5.74, 6) is 0.176. The minimum absolute atomic E-state index is 0.184. The molecule has 0 unspecified atom stereocenters. The molecule has 0 bridgehead atoms. The number of hydrogen-bond acceptors (Lipinski definition) is 9. The van der Waals surface area contributed by atoms with Crippen molar-refractivity contribution in [3.05, 3.63) is 55.9 Å². The molecule has 1 aliphatic rings. The molecule has 0 amide bonds. The summed E-state index contributed by atoms with van der Waals surface area (Å²) in [4.78, 5) is 47.3. The van der Waals surface area contributed by atoms with Crippen LogP contribution in [-0.4, -0.2) is 54.2 Å². The van der Waals surface area contributed by atoms with E-state index in [1.54, 1.807) is 0 Å². The maximum absolute atomic E-state index is 12.9. The molecular weight excluding hydrogens is 446 g/mol. The van der Waals surface area contributed by atoms with Crippen LogP contribution < -0.4 is 10.3 Å². The third kappa shape index (κ3) is 4.76. The van der Waals surface area contributed by atoms with E-state index in [1.165, 1.54) is 25.3 Å². The normalized spacial score (nSPS) is 13.5. The number of aromatic nitrogens is 2. The fourth-order valence-corrected chi connectivity index (χ4v) is 5.15. The van der Waals surface area contributed by atoms with Crippen LogP contribution in [0.1, 0.15) is 39.1 Å². The molecule has 0 spiro atoms. The van der Waals surface area contributed by atoms with Crippen molar-refractivity contribution >= 4 is 33.5 Å². The molecular formula is C23H25N3O6S. The first-order valence-corrected chi connectivity index (χ1v) is 11.4. The molecule has 9 nitrogen and oxygen atoms in total. The highest BCUT2D eigenvalue weighted by Gasteiger charge is 2.25. The lowest BCUT2D eigenvalue weighted by Gasteiger charge is -2.28. The summed E-state index contributed by atoms with van der Waals surface area (Å²) in [6.45, 7) is 4.55. The summed E-state index contributed by atoms with van der Waals surface area (Å²) >= 11 is 1.05. The van der Waals surface area contributed by atoms with E-state index in [4.69, 9.17) is 14.2 Å². The van der Waals surface area contributed by atoms with E-state index in [0.717, 1.165) is 30.1 Å². The zero-order valence-corrected chi connectivity index (χ0v) is 19.5. The Morgan fingerprint density at radius 1 is 1.21 bits per heavy atom. The Hall–Kier alpha value is -3.24. The number of benzene rings is 1. The number of nitrogens with one attached hydrogen (secondary N) is 1. The van der Waals surface area contributed by atoms with Crippen molar-refractivity contribution in [3.8, 4) is 5.75 Å². The number of nitrogens with zero attached hydrogens (tertiary/aromatic N) is 2. The Morgan fingerprint density at radius 2 is 2.03 bits per heavy atom. The number of fused-ring (bicyclic) bond motifs is 2. The molecule has 2 aromatic heterocycles. The summed E-state index contributed by atoms with van der Waals surface area (Å²) < 4.78 is 15.2. The summed E-state index contributed by atoms with van der Waals surface area (Å²) in [5, 5.41) is 0.222. The first-order valence-electron chi connectivity index (χ1n) is 10.6. The molecule has 3 heterocycles. The predicted octanol–water partition coefficient (Wildman–Crippen LogP) is 2.44. The second kappa shape index (κ2) is 9.72. The molecule has 3 aromatic rings. The first kappa shape index (κ1) is 22.9. The largest absolute Gasteiger partial charge is 0.494 e. The maximum Gasteiger partial charge on any atom is 0.348 e. The van der Waals surface area contributed by atoms with Crippen molar-refractivity contribution in [2.45, 2.75) is 32.9 Å². The average Bonchev–Trinajstić information content (AvgIpc) is 3.17. The van der Waals surface area contributed by atoms with Crippen LogP contribution >= 0.6 is 11.3 Å². The predicted molar refractivity (Wildman–Crippen MR) is 123 cm³/mol. The molecule has 0 saturated carbocycles. The lowest BCUT2D eigenvalue weighted by Crippen LogP contribution is -2.31. The van der Waals surface area contributed by atoms with Gasteiger partial charge in [-0.15, -0.1) is 11.3 Å². The van der Waals surface area contributed by atoms with Crippen LogP contribution in [0.3, 0.4) is 0 Å². The Bertz CT molecular complexity index is 1270. The van der Waals surface area contributed by atoms with Crippen molar-refractivity contribution in [2.24, 2.45) is 0 Å². The summed E-state index contributed by atoms with van der Waals surface area (Å²) in [7, 11) is 2.51. The number of carbonyl (C=O) groups is 2. The minimum Gasteiger partial charge on any atom is -0.494 e. The van der Waals surface area contributed by atoms with E-state index in [0.29, 0.717) is 30.4 Å². The van der Waals surface area contributed by atoms with Crippen LogP contribution in [0.15, 0.2) is 23.0 Å². The number of carbonyl (C=O) groups excluding carboxylic acids is 2. The third-order valence-electron chi connectivity index (χ3n) is 5.58. The number of hydrogen-bond donors (Lipinski definition) is 1. The molecule has 4 rings (SSSR count). The van der Waals surface area contributed by atoms with Crippen molar-refractivity contribution in [3.63, 3.8) is 0 Å². The van der Waals surface area contributed by atoms with Crippen LogP contribution in [0.5, 0.6) is 5.75 Å². The molecule has 1 aromatic carbocycles. The smallest absolute Gasteiger partial charge is 0.348 e. The van der Waals surface area contributed by atoms with Crippen LogP contribution in [0.4, 0.5) is 0 Å². The Labute approximate surface area is 194 Å². The highest BCUT2D eigenvalue weighted by molar-refractivity contribution is 7.20. The number of rotatable bonds is 7. The van der Waals surface area contributed by atoms with E-state index in [-0.39, 0.29) is 22.2 Å². The number of H-pyrrole nitrogens is 1. The summed E-state index contributed by atoms with van der Waals surface area (Å²) in [6.07, 6.45) is 0.680. The van der Waals surface area contributed by atoms with Gasteiger partial charge >= 0.3 is 11.9 Å². The first-order chi connectivity index (χ1) is 15.9. The topological polar surface area (TPSA) is 111 Å². The van der Waals surface area contributed by atoms with Gasteiger partial charge in [0.05, 0.1) is 39.2 Å². The molecule has 33 heavy (non-hydrogen) atoms. The number of thiophene rings is 1. The lowest BCUT2D eigenvalue weighted by molar-refractivity contribution is -0.139. The van der Waals surface area contributed by atoms with Crippen LogP contribution in [0.25, 0.3) is 10.2 Å². The molecule has 174 valence electrons. The standard InChI is InChI=1S/C23H25N3O6S/c1-4-32-15-6-5-13-7-8-26(11-14(13)9-15)12-17-24-21(28)19-16(10-18(27)30-2)20(23(29)31-3)33-22(19)25-17/h5-6,9H,4,7-8,10-12H2,1-3H3,(H,24,25,28). The van der Waals surface area contributed by atoms with Crippen LogP contribution in [0.2, 0.25) is 0 Å². The molecule has 0 atom stereocenters. The highest BCUT2D eigenvalue weighted by atomic mass is 32.1. The molecule has 1 N–H and O–H groups in total. The molecule has 0 fully saturated rings. The van der Waals surface area contributed by atoms with Gasteiger partial charge in [0.15, 0.2) is 0 Å². The van der Waals surface area contributed by atoms with E-state index in [1.807, 2.05) is 13.0 Å². The van der Waals surface area contributed by atoms with Crippen LogP contribution in [0, 0.1) is 0 Å². The lowest BCUT2D eigenvalue weighted by atomic mass is 9.99. The monoisotopic (exact) mass is 471 g/mol. The Kier molecular flexibility index (Phi) is 6.75. The quantitative estimate of drug-likeness (QED) is 0.523. The van der Waals surface area contributed by atoms with Gasteiger partial charge in [0.1, 0.15) is 21.3 Å². The number of aromatic amines is 1. The molecule has 0 aliphatic carbocycles. The van der Waals surface area contributed by atoms with Crippen molar-refractivity contribution in [1.29, 1.82) is 0 Å². The SMILES string of the molecule is CCOc1ccc2c(c1)CN(Cc1nc3sc(C(=O)OC)c(CC(=O)OC)c3c(=O)[nH]1)CC2. The van der Waals surface area contributed by atoms with Gasteiger partial charge in [0.2, 0.25) is 0 Å². The van der Waals surface area contributed by atoms with E-state index < -0.39 is 17.5 Å². The second-order valence-electron chi connectivity index (χ2n) is 7.67. The average molecular weight is 472 g/mol. The highest BCUT2D eigenvalue weighted by Crippen LogP contribution is 2.30. The van der Waals surface area contributed by atoms with Crippen molar-refractivity contribution in [1.82, 2.24) is 14.9 Å². The fraction of sp³-hybridized carbons (Fsp3) is 0.391. The molecule has 10 heteroatoms. The van der Waals surface area contributed by atoms with E-state index in [9.17, 15) is 14.4 Å². The van der Waals surface area contributed by atoms with E-state index >= 15 is 0 Å². The summed E-state index contributed by atoms with van der Waals surface area (Å²) in [5.41, 5.74) is 2.38. The second-order valence-corrected chi connectivity index (χ2v) is 8.67.